The lowest BCUT2D eigenvalue weighted by Crippen LogP contribution is -2.37. The van der Waals surface area contributed by atoms with Gasteiger partial charge >= 0.3 is 6.36 Å². The molecule has 1 heterocycles. The molecule has 6 nitrogen and oxygen atoms in total. The molecule has 0 spiro atoms. The highest BCUT2D eigenvalue weighted by molar-refractivity contribution is 5.79. The van der Waals surface area contributed by atoms with Crippen molar-refractivity contribution >= 4 is 11.8 Å². The van der Waals surface area contributed by atoms with Crippen LogP contribution in [0.1, 0.15) is 18.2 Å². The fourth-order valence-electron chi connectivity index (χ4n) is 2.35. The lowest BCUT2D eigenvalue weighted by molar-refractivity contribution is -0.274. The number of ether oxygens (including phenoxy) is 1. The second-order valence-corrected chi connectivity index (χ2v) is 6.09. The van der Waals surface area contributed by atoms with E-state index in [-0.39, 0.29) is 12.3 Å². The summed E-state index contributed by atoms with van der Waals surface area (Å²) >= 11 is 0. The average Bonchev–Trinajstić information content (AvgIpc) is 2.64. The summed E-state index contributed by atoms with van der Waals surface area (Å²) in [5, 5.41) is 6.20. The van der Waals surface area contributed by atoms with E-state index in [1.54, 1.807) is 12.1 Å². The van der Waals surface area contributed by atoms with Crippen molar-refractivity contribution in [3.8, 4) is 5.75 Å². The number of nitrogens with one attached hydrogen (secondary N) is 2. The number of para-hydroxylation sites is 1. The maximum atomic E-state index is 12.5. The van der Waals surface area contributed by atoms with Crippen LogP contribution in [0.15, 0.2) is 47.5 Å². The van der Waals surface area contributed by atoms with Crippen LogP contribution in [0, 0.1) is 0 Å². The van der Waals surface area contributed by atoms with Crippen LogP contribution in [-0.2, 0) is 13.1 Å². The number of hydrogen-bond acceptors (Lipinski definition) is 4. The molecule has 9 heteroatoms. The van der Waals surface area contributed by atoms with E-state index in [1.165, 1.54) is 12.1 Å². The van der Waals surface area contributed by atoms with Gasteiger partial charge in [-0.25, -0.2) is 9.98 Å². The number of pyridine rings is 1. The highest BCUT2D eigenvalue weighted by atomic mass is 19.4. The van der Waals surface area contributed by atoms with Gasteiger partial charge in [-0.2, -0.15) is 0 Å². The number of anilines is 1. The Bertz CT molecular complexity index is 793. The van der Waals surface area contributed by atoms with E-state index in [2.05, 4.69) is 25.3 Å². The molecular formula is C19H24F3N5O. The molecule has 0 radical (unpaired) electrons. The van der Waals surface area contributed by atoms with Crippen LogP contribution in [-0.4, -0.2) is 37.9 Å². The van der Waals surface area contributed by atoms with E-state index >= 15 is 0 Å². The number of rotatable bonds is 7. The van der Waals surface area contributed by atoms with E-state index in [0.717, 1.165) is 11.5 Å². The number of halogens is 3. The third-order valence-corrected chi connectivity index (χ3v) is 3.64. The molecule has 152 valence electrons. The summed E-state index contributed by atoms with van der Waals surface area (Å²) in [5.74, 6) is 1.05. The molecule has 0 aliphatic rings. The van der Waals surface area contributed by atoms with Crippen molar-refractivity contribution in [1.29, 1.82) is 0 Å². The summed E-state index contributed by atoms with van der Waals surface area (Å²) in [6.07, 6.45) is -4.74. The minimum atomic E-state index is -4.74. The Morgan fingerprint density at radius 3 is 2.54 bits per heavy atom. The number of guanidine groups is 1. The van der Waals surface area contributed by atoms with Crippen LogP contribution in [0.3, 0.4) is 0 Å². The molecule has 1 aromatic carbocycles. The number of benzene rings is 1. The first-order chi connectivity index (χ1) is 13.3. The lowest BCUT2D eigenvalue weighted by atomic mass is 10.2. The van der Waals surface area contributed by atoms with Crippen molar-refractivity contribution in [3.05, 3.63) is 53.7 Å². The topological polar surface area (TPSA) is 61.8 Å². The molecular weight excluding hydrogens is 371 g/mol. The molecule has 0 amide bonds. The number of hydrogen-bond donors (Lipinski definition) is 2. The second kappa shape index (κ2) is 9.82. The van der Waals surface area contributed by atoms with Gasteiger partial charge in [0.2, 0.25) is 0 Å². The van der Waals surface area contributed by atoms with Gasteiger partial charge < -0.3 is 20.3 Å². The van der Waals surface area contributed by atoms with E-state index in [4.69, 9.17) is 0 Å². The van der Waals surface area contributed by atoms with Crippen LogP contribution in [0.25, 0.3) is 0 Å². The molecule has 0 saturated carbocycles. The minimum Gasteiger partial charge on any atom is -0.405 e. The Labute approximate surface area is 162 Å². The molecule has 2 N–H and O–H groups in total. The van der Waals surface area contributed by atoms with Gasteiger partial charge in [0.15, 0.2) is 5.96 Å². The molecule has 0 saturated heterocycles. The molecule has 0 unspecified atom stereocenters. The zero-order valence-corrected chi connectivity index (χ0v) is 16.0. The monoisotopic (exact) mass is 395 g/mol. The second-order valence-electron chi connectivity index (χ2n) is 6.09. The Morgan fingerprint density at radius 1 is 1.11 bits per heavy atom. The van der Waals surface area contributed by atoms with Crippen molar-refractivity contribution < 1.29 is 17.9 Å². The number of alkyl halides is 3. The summed E-state index contributed by atoms with van der Waals surface area (Å²) in [4.78, 5) is 10.8. The Morgan fingerprint density at radius 2 is 1.86 bits per heavy atom. The number of nitrogens with zero attached hydrogens (tertiary/aromatic N) is 3. The molecule has 0 aliphatic carbocycles. The van der Waals surface area contributed by atoms with Crippen LogP contribution in [0.2, 0.25) is 0 Å². The Balaban J connectivity index is 2.08. The van der Waals surface area contributed by atoms with Gasteiger partial charge in [0, 0.05) is 26.2 Å². The lowest BCUT2D eigenvalue weighted by Gasteiger charge is -2.15. The highest BCUT2D eigenvalue weighted by Crippen LogP contribution is 2.26. The summed E-state index contributed by atoms with van der Waals surface area (Å²) < 4.78 is 41.7. The van der Waals surface area contributed by atoms with Crippen molar-refractivity contribution in [1.82, 2.24) is 15.6 Å². The van der Waals surface area contributed by atoms with Crippen molar-refractivity contribution in [3.63, 3.8) is 0 Å². The molecule has 0 bridgehead atoms. The van der Waals surface area contributed by atoms with Crippen LogP contribution in [0.4, 0.5) is 19.0 Å². The van der Waals surface area contributed by atoms with Crippen molar-refractivity contribution in [2.45, 2.75) is 26.4 Å². The van der Waals surface area contributed by atoms with E-state index < -0.39 is 6.36 Å². The van der Waals surface area contributed by atoms with Crippen molar-refractivity contribution in [2.75, 3.05) is 25.5 Å². The standard InChI is InChI=1S/C19H24F3N5O/c1-4-23-18(25-13-15-9-7-11-17(26-15)27(2)3)24-12-14-8-5-6-10-16(14)28-19(20,21)22/h5-11H,4,12-13H2,1-3H3,(H2,23,24,25). The van der Waals surface area contributed by atoms with Crippen LogP contribution in [0.5, 0.6) is 5.75 Å². The van der Waals surface area contributed by atoms with E-state index in [9.17, 15) is 13.2 Å². The molecule has 2 aromatic rings. The summed E-state index contributed by atoms with van der Waals surface area (Å²) in [7, 11) is 3.82. The first-order valence-electron chi connectivity index (χ1n) is 8.77. The summed E-state index contributed by atoms with van der Waals surface area (Å²) in [5.41, 5.74) is 1.15. The Hall–Kier alpha value is -2.97. The summed E-state index contributed by atoms with van der Waals surface area (Å²) in [6, 6.07) is 11.7. The highest BCUT2D eigenvalue weighted by Gasteiger charge is 2.31. The smallest absolute Gasteiger partial charge is 0.405 e. The third-order valence-electron chi connectivity index (χ3n) is 3.64. The molecule has 2 rings (SSSR count). The maximum absolute atomic E-state index is 12.5. The average molecular weight is 395 g/mol. The number of aromatic nitrogens is 1. The van der Waals surface area contributed by atoms with Crippen LogP contribution < -0.4 is 20.3 Å². The zero-order valence-electron chi connectivity index (χ0n) is 16.0. The molecule has 0 fully saturated rings. The van der Waals surface area contributed by atoms with E-state index in [0.29, 0.717) is 24.6 Å². The van der Waals surface area contributed by atoms with E-state index in [1.807, 2.05) is 44.1 Å². The molecule has 28 heavy (non-hydrogen) atoms. The van der Waals surface area contributed by atoms with Crippen molar-refractivity contribution in [2.24, 2.45) is 4.99 Å². The quantitative estimate of drug-likeness (QED) is 0.556. The van der Waals surface area contributed by atoms with Gasteiger partial charge in [0.25, 0.3) is 0 Å². The van der Waals surface area contributed by atoms with Gasteiger partial charge in [0.1, 0.15) is 11.6 Å². The predicted molar refractivity (Wildman–Crippen MR) is 103 cm³/mol. The molecule has 1 aromatic heterocycles. The predicted octanol–water partition coefficient (Wildman–Crippen LogP) is 3.30. The maximum Gasteiger partial charge on any atom is 0.573 e. The van der Waals surface area contributed by atoms with Gasteiger partial charge in [0.05, 0.1) is 18.8 Å². The largest absolute Gasteiger partial charge is 0.573 e. The SMILES string of the molecule is CCNC(=NCc1ccccc1OC(F)(F)F)NCc1cccc(N(C)C)n1. The van der Waals surface area contributed by atoms with Gasteiger partial charge in [-0.3, -0.25) is 0 Å². The normalized spacial score (nSPS) is 11.9. The fraction of sp³-hybridized carbons (Fsp3) is 0.368. The summed E-state index contributed by atoms with van der Waals surface area (Å²) in [6.45, 7) is 2.97. The third kappa shape index (κ3) is 6.98. The van der Waals surface area contributed by atoms with Crippen LogP contribution >= 0.6 is 0 Å². The first kappa shape index (κ1) is 21.3. The fourth-order valence-corrected chi connectivity index (χ4v) is 2.35. The van der Waals surface area contributed by atoms with Gasteiger partial charge in [-0.05, 0) is 25.1 Å². The number of aliphatic imine (C=N–C) groups is 1. The Kier molecular flexibility index (Phi) is 7.48. The molecule has 0 aliphatic heterocycles. The molecule has 0 atom stereocenters. The van der Waals surface area contributed by atoms with Gasteiger partial charge in [-0.15, -0.1) is 13.2 Å². The van der Waals surface area contributed by atoms with Gasteiger partial charge in [-0.1, -0.05) is 24.3 Å². The first-order valence-corrected chi connectivity index (χ1v) is 8.77. The minimum absolute atomic E-state index is 0.0345. The zero-order chi connectivity index (χ0) is 20.6.